The van der Waals surface area contributed by atoms with E-state index >= 15 is 0 Å². The van der Waals surface area contributed by atoms with Crippen LogP contribution in [0.5, 0.6) is 0 Å². The number of fused-ring (bicyclic) bond motifs is 3. The molecule has 2 bridgehead atoms. The van der Waals surface area contributed by atoms with Crippen LogP contribution in [0.25, 0.3) is 0 Å². The monoisotopic (exact) mass is 220 g/mol. The molecule has 0 radical (unpaired) electrons. The quantitative estimate of drug-likeness (QED) is 0.779. The first kappa shape index (κ1) is 10.3. The second kappa shape index (κ2) is 4.17. The fraction of sp³-hybridized carbons (Fsp3) is 0.538. The standard InChI is InChI=1S/C13H16O3/c1-2-4-11(5-3-1)6-7-13-14-8-12(9-15-13)10-16-13/h1-5,12H,6-10H2. The van der Waals surface area contributed by atoms with Crippen molar-refractivity contribution in [2.24, 2.45) is 5.92 Å². The Bertz CT molecular complexity index is 328. The Morgan fingerprint density at radius 3 is 2.25 bits per heavy atom. The van der Waals surface area contributed by atoms with Crippen LogP contribution in [0, 0.1) is 5.92 Å². The lowest BCUT2D eigenvalue weighted by molar-refractivity contribution is -0.449. The minimum Gasteiger partial charge on any atom is -0.327 e. The van der Waals surface area contributed by atoms with E-state index in [2.05, 4.69) is 12.1 Å². The number of rotatable bonds is 3. The van der Waals surface area contributed by atoms with E-state index in [0.717, 1.165) is 32.7 Å². The van der Waals surface area contributed by atoms with Crippen molar-refractivity contribution in [1.29, 1.82) is 0 Å². The minimum atomic E-state index is -0.759. The van der Waals surface area contributed by atoms with E-state index in [4.69, 9.17) is 14.2 Å². The van der Waals surface area contributed by atoms with Gasteiger partial charge in [0.25, 0.3) is 5.97 Å². The molecule has 4 rings (SSSR count). The molecule has 3 nitrogen and oxygen atoms in total. The fourth-order valence-corrected chi connectivity index (χ4v) is 2.16. The molecule has 0 N–H and O–H groups in total. The normalized spacial score (nSPS) is 32.9. The summed E-state index contributed by atoms with van der Waals surface area (Å²) in [5.74, 6) is -0.330. The summed E-state index contributed by atoms with van der Waals surface area (Å²) >= 11 is 0. The minimum absolute atomic E-state index is 0.429. The first-order valence-electron chi connectivity index (χ1n) is 5.82. The van der Waals surface area contributed by atoms with Gasteiger partial charge in [-0.2, -0.15) is 0 Å². The SMILES string of the molecule is c1ccc(CCC23OCC(CO2)CO3)cc1. The van der Waals surface area contributed by atoms with Crippen molar-refractivity contribution in [1.82, 2.24) is 0 Å². The Morgan fingerprint density at radius 2 is 1.62 bits per heavy atom. The smallest absolute Gasteiger partial charge is 0.283 e. The number of hydrogen-bond acceptors (Lipinski definition) is 3. The largest absolute Gasteiger partial charge is 0.327 e. The molecule has 0 amide bonds. The number of aryl methyl sites for hydroxylation is 1. The molecule has 3 saturated heterocycles. The molecule has 0 saturated carbocycles. The summed E-state index contributed by atoms with van der Waals surface area (Å²) < 4.78 is 16.9. The van der Waals surface area contributed by atoms with E-state index in [9.17, 15) is 0 Å². The Morgan fingerprint density at radius 1 is 1.00 bits per heavy atom. The van der Waals surface area contributed by atoms with Gasteiger partial charge in [0, 0.05) is 12.3 Å². The molecule has 1 aromatic carbocycles. The average molecular weight is 220 g/mol. The van der Waals surface area contributed by atoms with Crippen LogP contribution < -0.4 is 0 Å². The van der Waals surface area contributed by atoms with Crippen molar-refractivity contribution in [3.63, 3.8) is 0 Å². The van der Waals surface area contributed by atoms with Crippen LogP contribution >= 0.6 is 0 Å². The van der Waals surface area contributed by atoms with Gasteiger partial charge in [-0.1, -0.05) is 30.3 Å². The van der Waals surface area contributed by atoms with Gasteiger partial charge in [-0.25, -0.2) is 0 Å². The maximum Gasteiger partial charge on any atom is 0.283 e. The van der Waals surface area contributed by atoms with Gasteiger partial charge in [0.15, 0.2) is 0 Å². The van der Waals surface area contributed by atoms with E-state index < -0.39 is 5.97 Å². The Hall–Kier alpha value is -0.900. The molecule has 3 heterocycles. The van der Waals surface area contributed by atoms with Gasteiger partial charge >= 0.3 is 0 Å². The highest BCUT2D eigenvalue weighted by atomic mass is 16.9. The van der Waals surface area contributed by atoms with Crippen molar-refractivity contribution in [3.05, 3.63) is 35.9 Å². The van der Waals surface area contributed by atoms with Gasteiger partial charge in [0.05, 0.1) is 19.8 Å². The molecule has 0 aliphatic carbocycles. The van der Waals surface area contributed by atoms with Gasteiger partial charge in [-0.3, -0.25) is 0 Å². The van der Waals surface area contributed by atoms with Crippen molar-refractivity contribution < 1.29 is 14.2 Å². The molecule has 0 atom stereocenters. The van der Waals surface area contributed by atoms with Gasteiger partial charge in [-0.05, 0) is 12.0 Å². The van der Waals surface area contributed by atoms with E-state index in [1.807, 2.05) is 18.2 Å². The zero-order valence-corrected chi connectivity index (χ0v) is 9.22. The van der Waals surface area contributed by atoms with Crippen LogP contribution in [0.2, 0.25) is 0 Å². The Labute approximate surface area is 95.3 Å². The molecule has 0 aromatic heterocycles. The van der Waals surface area contributed by atoms with Crippen LogP contribution in [-0.4, -0.2) is 25.8 Å². The van der Waals surface area contributed by atoms with Crippen LogP contribution in [-0.2, 0) is 20.6 Å². The van der Waals surface area contributed by atoms with Crippen molar-refractivity contribution in [2.45, 2.75) is 18.8 Å². The zero-order valence-electron chi connectivity index (χ0n) is 9.22. The molecule has 3 heteroatoms. The number of hydrogen-bond donors (Lipinski definition) is 0. The fourth-order valence-electron chi connectivity index (χ4n) is 2.16. The van der Waals surface area contributed by atoms with Crippen LogP contribution in [0.15, 0.2) is 30.3 Å². The Kier molecular flexibility index (Phi) is 2.67. The summed E-state index contributed by atoms with van der Waals surface area (Å²) in [5, 5.41) is 0. The summed E-state index contributed by atoms with van der Waals surface area (Å²) in [5.41, 5.74) is 1.29. The topological polar surface area (TPSA) is 27.7 Å². The second-order valence-electron chi connectivity index (χ2n) is 4.47. The zero-order chi connectivity index (χ0) is 10.8. The molecular weight excluding hydrogens is 204 g/mol. The first-order chi connectivity index (χ1) is 7.86. The molecule has 3 aliphatic rings. The lowest BCUT2D eigenvalue weighted by Crippen LogP contribution is -2.54. The maximum absolute atomic E-state index is 5.64. The second-order valence-corrected chi connectivity index (χ2v) is 4.47. The third-order valence-electron chi connectivity index (χ3n) is 3.18. The predicted octanol–water partition coefficient (Wildman–Crippen LogP) is 1.97. The number of benzene rings is 1. The van der Waals surface area contributed by atoms with E-state index in [1.54, 1.807) is 0 Å². The third kappa shape index (κ3) is 1.98. The predicted molar refractivity (Wildman–Crippen MR) is 58.8 cm³/mol. The van der Waals surface area contributed by atoms with Gasteiger partial charge in [0.2, 0.25) is 0 Å². The number of ether oxygens (including phenoxy) is 3. The van der Waals surface area contributed by atoms with Gasteiger partial charge in [-0.15, -0.1) is 0 Å². The summed E-state index contributed by atoms with van der Waals surface area (Å²) in [4.78, 5) is 0. The highest BCUT2D eigenvalue weighted by Crippen LogP contribution is 2.33. The molecule has 0 unspecified atom stereocenters. The molecule has 16 heavy (non-hydrogen) atoms. The lowest BCUT2D eigenvalue weighted by Gasteiger charge is -2.45. The molecular formula is C13H16O3. The van der Waals surface area contributed by atoms with Crippen molar-refractivity contribution in [3.8, 4) is 0 Å². The highest BCUT2D eigenvalue weighted by molar-refractivity contribution is 5.14. The first-order valence-corrected chi connectivity index (χ1v) is 5.82. The van der Waals surface area contributed by atoms with Crippen molar-refractivity contribution >= 4 is 0 Å². The van der Waals surface area contributed by atoms with Gasteiger partial charge in [0.1, 0.15) is 0 Å². The summed E-state index contributed by atoms with van der Waals surface area (Å²) in [7, 11) is 0. The molecule has 86 valence electrons. The molecule has 3 aliphatic heterocycles. The molecule has 3 fully saturated rings. The maximum atomic E-state index is 5.64. The van der Waals surface area contributed by atoms with E-state index in [-0.39, 0.29) is 0 Å². The van der Waals surface area contributed by atoms with E-state index in [1.165, 1.54) is 5.56 Å². The van der Waals surface area contributed by atoms with Crippen LogP contribution in [0.1, 0.15) is 12.0 Å². The molecule has 0 spiro atoms. The average Bonchev–Trinajstić information content (AvgIpc) is 2.40. The van der Waals surface area contributed by atoms with Gasteiger partial charge < -0.3 is 14.2 Å². The summed E-state index contributed by atoms with van der Waals surface area (Å²) in [6.45, 7) is 2.32. The summed E-state index contributed by atoms with van der Waals surface area (Å²) in [6, 6.07) is 10.4. The van der Waals surface area contributed by atoms with E-state index in [0.29, 0.717) is 5.92 Å². The Balaban J connectivity index is 1.62. The van der Waals surface area contributed by atoms with Crippen LogP contribution in [0.4, 0.5) is 0 Å². The summed E-state index contributed by atoms with van der Waals surface area (Å²) in [6.07, 6.45) is 1.69. The van der Waals surface area contributed by atoms with Crippen LogP contribution in [0.3, 0.4) is 0 Å². The third-order valence-corrected chi connectivity index (χ3v) is 3.18. The lowest BCUT2D eigenvalue weighted by atomic mass is 10.1. The molecule has 1 aromatic rings. The van der Waals surface area contributed by atoms with Crippen molar-refractivity contribution in [2.75, 3.05) is 19.8 Å². The highest BCUT2D eigenvalue weighted by Gasteiger charge is 2.44.